The fraction of sp³-hybridized carbons (Fsp3) is 0.167. The predicted octanol–water partition coefficient (Wildman–Crippen LogP) is 3.52. The van der Waals surface area contributed by atoms with Crippen LogP contribution in [0.15, 0.2) is 60.9 Å². The molecule has 0 radical (unpaired) electrons. The molecule has 0 aliphatic rings. The van der Waals surface area contributed by atoms with Gasteiger partial charge in [0, 0.05) is 24.2 Å². The van der Waals surface area contributed by atoms with E-state index in [1.54, 1.807) is 19.5 Å². The molecular formula is C18H17NO2. The van der Waals surface area contributed by atoms with E-state index in [4.69, 9.17) is 4.74 Å². The minimum atomic E-state index is -0.565. The fourth-order valence-electron chi connectivity index (χ4n) is 2.62. The van der Waals surface area contributed by atoms with Gasteiger partial charge in [0.25, 0.3) is 0 Å². The SMILES string of the molecule is COc1ccc(C(O)Cc2cccnc2)c2ccccc12. The Labute approximate surface area is 123 Å². The first-order chi connectivity index (χ1) is 10.3. The highest BCUT2D eigenvalue weighted by Crippen LogP contribution is 2.32. The van der Waals surface area contributed by atoms with Crippen molar-refractivity contribution in [3.8, 4) is 5.75 Å². The Morgan fingerprint density at radius 2 is 1.86 bits per heavy atom. The van der Waals surface area contributed by atoms with Crippen molar-refractivity contribution in [3.63, 3.8) is 0 Å². The monoisotopic (exact) mass is 279 g/mol. The van der Waals surface area contributed by atoms with Crippen molar-refractivity contribution in [2.45, 2.75) is 12.5 Å². The molecule has 1 N–H and O–H groups in total. The maximum Gasteiger partial charge on any atom is 0.126 e. The summed E-state index contributed by atoms with van der Waals surface area (Å²) in [5.41, 5.74) is 1.93. The summed E-state index contributed by atoms with van der Waals surface area (Å²) in [4.78, 5) is 4.09. The molecule has 0 aliphatic carbocycles. The lowest BCUT2D eigenvalue weighted by Gasteiger charge is -2.15. The summed E-state index contributed by atoms with van der Waals surface area (Å²) in [6.45, 7) is 0. The summed E-state index contributed by atoms with van der Waals surface area (Å²) >= 11 is 0. The van der Waals surface area contributed by atoms with Crippen LogP contribution in [0, 0.1) is 0 Å². The summed E-state index contributed by atoms with van der Waals surface area (Å²) in [7, 11) is 1.66. The molecule has 1 unspecified atom stereocenters. The lowest BCUT2D eigenvalue weighted by Crippen LogP contribution is -2.03. The molecule has 106 valence electrons. The number of methoxy groups -OCH3 is 1. The number of aliphatic hydroxyl groups excluding tert-OH is 1. The zero-order valence-corrected chi connectivity index (χ0v) is 11.9. The number of nitrogens with zero attached hydrogens (tertiary/aromatic N) is 1. The fourth-order valence-corrected chi connectivity index (χ4v) is 2.62. The van der Waals surface area contributed by atoms with Crippen LogP contribution in [0.2, 0.25) is 0 Å². The minimum absolute atomic E-state index is 0.546. The number of fused-ring (bicyclic) bond motifs is 1. The number of hydrogen-bond donors (Lipinski definition) is 1. The zero-order valence-electron chi connectivity index (χ0n) is 11.9. The Hall–Kier alpha value is -2.39. The second-order valence-corrected chi connectivity index (χ2v) is 4.98. The van der Waals surface area contributed by atoms with Gasteiger partial charge in [0.2, 0.25) is 0 Å². The van der Waals surface area contributed by atoms with Crippen molar-refractivity contribution < 1.29 is 9.84 Å². The molecule has 0 fully saturated rings. The van der Waals surface area contributed by atoms with Crippen molar-refractivity contribution >= 4 is 10.8 Å². The molecule has 1 heterocycles. The highest BCUT2D eigenvalue weighted by atomic mass is 16.5. The first-order valence-corrected chi connectivity index (χ1v) is 6.92. The van der Waals surface area contributed by atoms with Gasteiger partial charge in [-0.05, 0) is 28.6 Å². The zero-order chi connectivity index (χ0) is 14.7. The largest absolute Gasteiger partial charge is 0.496 e. The molecule has 0 aliphatic heterocycles. The van der Waals surface area contributed by atoms with Crippen LogP contribution in [0.4, 0.5) is 0 Å². The van der Waals surface area contributed by atoms with E-state index in [1.165, 1.54) is 0 Å². The van der Waals surface area contributed by atoms with E-state index in [2.05, 4.69) is 4.98 Å². The Bertz CT molecular complexity index is 741. The van der Waals surface area contributed by atoms with Gasteiger partial charge in [0.1, 0.15) is 5.75 Å². The number of hydrogen-bond acceptors (Lipinski definition) is 3. The third-order valence-corrected chi connectivity index (χ3v) is 3.65. The second-order valence-electron chi connectivity index (χ2n) is 4.98. The standard InChI is InChI=1S/C18H17NO2/c1-21-18-9-8-15(14-6-2-3-7-16(14)18)17(20)11-13-5-4-10-19-12-13/h2-10,12,17,20H,11H2,1H3. The van der Waals surface area contributed by atoms with Gasteiger partial charge in [-0.25, -0.2) is 0 Å². The number of pyridine rings is 1. The van der Waals surface area contributed by atoms with Crippen LogP contribution < -0.4 is 4.74 Å². The first-order valence-electron chi connectivity index (χ1n) is 6.92. The number of benzene rings is 2. The molecule has 0 saturated heterocycles. The lowest BCUT2D eigenvalue weighted by molar-refractivity contribution is 0.180. The molecule has 3 nitrogen and oxygen atoms in total. The van der Waals surface area contributed by atoms with E-state index in [9.17, 15) is 5.11 Å². The normalized spacial score (nSPS) is 12.3. The molecule has 1 aromatic heterocycles. The van der Waals surface area contributed by atoms with E-state index < -0.39 is 6.10 Å². The summed E-state index contributed by atoms with van der Waals surface area (Å²) in [6.07, 6.45) is 3.50. The van der Waals surface area contributed by atoms with Gasteiger partial charge in [-0.2, -0.15) is 0 Å². The molecule has 21 heavy (non-hydrogen) atoms. The van der Waals surface area contributed by atoms with E-state index in [1.807, 2.05) is 48.5 Å². The van der Waals surface area contributed by atoms with Crippen molar-refractivity contribution in [2.75, 3.05) is 7.11 Å². The summed E-state index contributed by atoms with van der Waals surface area (Å²) in [5.74, 6) is 0.822. The minimum Gasteiger partial charge on any atom is -0.496 e. The van der Waals surface area contributed by atoms with Gasteiger partial charge in [-0.15, -0.1) is 0 Å². The predicted molar refractivity (Wildman–Crippen MR) is 83.4 cm³/mol. The Morgan fingerprint density at radius 3 is 2.57 bits per heavy atom. The van der Waals surface area contributed by atoms with Crippen LogP contribution in [0.3, 0.4) is 0 Å². The third kappa shape index (κ3) is 2.73. The Kier molecular flexibility index (Phi) is 3.84. The lowest BCUT2D eigenvalue weighted by atomic mass is 9.96. The Morgan fingerprint density at radius 1 is 1.05 bits per heavy atom. The van der Waals surface area contributed by atoms with Crippen molar-refractivity contribution in [1.29, 1.82) is 0 Å². The van der Waals surface area contributed by atoms with Crippen LogP contribution in [0.25, 0.3) is 10.8 Å². The van der Waals surface area contributed by atoms with Crippen LogP contribution >= 0.6 is 0 Å². The maximum atomic E-state index is 10.6. The Balaban J connectivity index is 2.00. The number of aliphatic hydroxyl groups is 1. The molecule has 0 bridgehead atoms. The first kappa shape index (κ1) is 13.6. The smallest absolute Gasteiger partial charge is 0.126 e. The van der Waals surface area contributed by atoms with Gasteiger partial charge in [-0.3, -0.25) is 4.98 Å². The summed E-state index contributed by atoms with van der Waals surface area (Å²) in [6, 6.07) is 15.7. The van der Waals surface area contributed by atoms with E-state index in [-0.39, 0.29) is 0 Å². The van der Waals surface area contributed by atoms with Gasteiger partial charge in [0.05, 0.1) is 13.2 Å². The van der Waals surface area contributed by atoms with Gasteiger partial charge in [0.15, 0.2) is 0 Å². The van der Waals surface area contributed by atoms with Crippen LogP contribution in [0.5, 0.6) is 5.75 Å². The number of rotatable bonds is 4. The average Bonchev–Trinajstić information content (AvgIpc) is 2.54. The summed E-state index contributed by atoms with van der Waals surface area (Å²) < 4.78 is 5.39. The van der Waals surface area contributed by atoms with Crippen molar-refractivity contribution in [2.24, 2.45) is 0 Å². The van der Waals surface area contributed by atoms with Gasteiger partial charge < -0.3 is 9.84 Å². The van der Waals surface area contributed by atoms with Gasteiger partial charge in [-0.1, -0.05) is 36.4 Å². The summed E-state index contributed by atoms with van der Waals surface area (Å²) in [5, 5.41) is 12.6. The van der Waals surface area contributed by atoms with Gasteiger partial charge >= 0.3 is 0 Å². The van der Waals surface area contributed by atoms with E-state index >= 15 is 0 Å². The molecule has 3 heteroatoms. The molecular weight excluding hydrogens is 262 g/mol. The molecule has 2 aromatic carbocycles. The molecule has 0 amide bonds. The molecule has 1 atom stereocenters. The van der Waals surface area contributed by atoms with Crippen LogP contribution in [-0.2, 0) is 6.42 Å². The molecule has 3 rings (SSSR count). The van der Waals surface area contributed by atoms with Crippen molar-refractivity contribution in [3.05, 3.63) is 72.1 Å². The third-order valence-electron chi connectivity index (χ3n) is 3.65. The molecule has 3 aromatic rings. The second kappa shape index (κ2) is 5.94. The van der Waals surface area contributed by atoms with E-state index in [0.717, 1.165) is 27.6 Å². The highest BCUT2D eigenvalue weighted by molar-refractivity contribution is 5.91. The number of ether oxygens (including phenoxy) is 1. The van der Waals surface area contributed by atoms with Crippen molar-refractivity contribution in [1.82, 2.24) is 4.98 Å². The average molecular weight is 279 g/mol. The topological polar surface area (TPSA) is 42.4 Å². The van der Waals surface area contributed by atoms with Crippen LogP contribution in [-0.4, -0.2) is 17.2 Å². The molecule has 0 spiro atoms. The number of aromatic nitrogens is 1. The van der Waals surface area contributed by atoms with Crippen LogP contribution in [0.1, 0.15) is 17.2 Å². The highest BCUT2D eigenvalue weighted by Gasteiger charge is 2.14. The molecule has 0 saturated carbocycles. The van der Waals surface area contributed by atoms with E-state index in [0.29, 0.717) is 6.42 Å². The quantitative estimate of drug-likeness (QED) is 0.794. The maximum absolute atomic E-state index is 10.6.